The summed E-state index contributed by atoms with van der Waals surface area (Å²) in [4.78, 5) is 10.5. The molecule has 0 saturated heterocycles. The van der Waals surface area contributed by atoms with Crippen LogP contribution in [0.2, 0.25) is 0 Å². The van der Waals surface area contributed by atoms with Gasteiger partial charge in [0.1, 0.15) is 6.04 Å². The Kier molecular flexibility index (Phi) is 11.3. The molecule has 200 valence electrons. The number of alkyl halides is 9. The minimum absolute atomic E-state index is 0.0880. The average molecular weight is 538 g/mol. The molecule has 4 nitrogen and oxygen atoms in total. The number of carbonyl (C=O) groups excluding carboxylic acids is 1. The monoisotopic (exact) mass is 538 g/mol. The summed E-state index contributed by atoms with van der Waals surface area (Å²) in [6.45, 7) is 0. The fourth-order valence-corrected chi connectivity index (χ4v) is 2.48. The minimum atomic E-state index is -4.78. The van der Waals surface area contributed by atoms with Crippen LogP contribution in [0.1, 0.15) is 27.5 Å². The van der Waals surface area contributed by atoms with Gasteiger partial charge in [0.25, 0.3) is 5.78 Å². The van der Waals surface area contributed by atoms with Crippen molar-refractivity contribution < 1.29 is 49.5 Å². The molecule has 0 radical (unpaired) electrons. The van der Waals surface area contributed by atoms with Crippen LogP contribution in [0.25, 0.3) is 0 Å². The van der Waals surface area contributed by atoms with Gasteiger partial charge in [-0.05, 0) is 5.56 Å². The molecule has 0 aromatic heterocycles. The number of hydrogen-bond acceptors (Lipinski definition) is 4. The third-order valence-electron chi connectivity index (χ3n) is 4.22. The molecule has 1 unspecified atom stereocenters. The van der Waals surface area contributed by atoms with Crippen molar-refractivity contribution in [2.45, 2.75) is 24.6 Å². The second-order valence-corrected chi connectivity index (χ2v) is 6.94. The van der Waals surface area contributed by atoms with Crippen LogP contribution in [-0.2, 0) is 0 Å². The summed E-state index contributed by atoms with van der Waals surface area (Å²) in [7, 11) is 0. The number of benzene rings is 3. The number of nitrogens with zero attached hydrogens (tertiary/aromatic N) is 1. The topological polar surface area (TPSA) is 75.7 Å². The zero-order chi connectivity index (χ0) is 28.3. The summed E-state index contributed by atoms with van der Waals surface area (Å²) in [5, 5.41) is 10.4. The SMILES string of the molecule is NC(c1ccccc1)C(F)(F)F.O/N=C(\c1ccccc1)C(F)(F)F.O=C(c1ccccc1)C(F)(F)F. The zero-order valence-corrected chi connectivity index (χ0v) is 18.5. The van der Waals surface area contributed by atoms with E-state index < -0.39 is 36.1 Å². The number of hydrogen-bond donors (Lipinski definition) is 2. The fraction of sp³-hybridized carbons (Fsp3) is 0.167. The number of Topliss-reactive ketones (excluding diaryl/α,β-unsaturated/α-hetero) is 1. The lowest BCUT2D eigenvalue weighted by molar-refractivity contribution is -0.149. The van der Waals surface area contributed by atoms with Gasteiger partial charge in [0.2, 0.25) is 0 Å². The van der Waals surface area contributed by atoms with Crippen molar-refractivity contribution in [3.63, 3.8) is 0 Å². The predicted octanol–water partition coefficient (Wildman–Crippen LogP) is 7.11. The molecule has 0 aliphatic heterocycles. The Labute approximate surface area is 204 Å². The maximum atomic E-state index is 12.1. The van der Waals surface area contributed by atoms with Gasteiger partial charge in [-0.25, -0.2) is 0 Å². The molecule has 1 atom stereocenters. The van der Waals surface area contributed by atoms with Gasteiger partial charge in [0.15, 0.2) is 5.71 Å². The highest BCUT2D eigenvalue weighted by atomic mass is 19.4. The molecule has 0 heterocycles. The van der Waals surface area contributed by atoms with Crippen LogP contribution in [0.5, 0.6) is 0 Å². The second-order valence-electron chi connectivity index (χ2n) is 6.94. The largest absolute Gasteiger partial charge is 0.454 e. The van der Waals surface area contributed by atoms with Gasteiger partial charge >= 0.3 is 18.5 Å². The second kappa shape index (κ2) is 13.4. The third kappa shape index (κ3) is 10.7. The van der Waals surface area contributed by atoms with Gasteiger partial charge in [-0.3, -0.25) is 4.79 Å². The number of nitrogens with two attached hydrogens (primary N) is 1. The molecular weight excluding hydrogens is 519 g/mol. The van der Waals surface area contributed by atoms with E-state index in [1.807, 2.05) is 0 Å². The Morgan fingerprint density at radius 2 is 1.03 bits per heavy atom. The molecular formula is C24H19F9N2O2. The Hall–Kier alpha value is -3.87. The van der Waals surface area contributed by atoms with E-state index in [0.717, 1.165) is 12.1 Å². The van der Waals surface area contributed by atoms with Gasteiger partial charge in [0, 0.05) is 11.1 Å². The van der Waals surface area contributed by atoms with Crippen molar-refractivity contribution >= 4 is 11.5 Å². The molecule has 0 aliphatic rings. The molecule has 3 aromatic carbocycles. The summed E-state index contributed by atoms with van der Waals surface area (Å²) in [5.41, 5.74) is 3.27. The van der Waals surface area contributed by atoms with E-state index in [9.17, 15) is 44.3 Å². The Morgan fingerprint density at radius 1 is 0.649 bits per heavy atom. The van der Waals surface area contributed by atoms with Crippen LogP contribution >= 0.6 is 0 Å². The van der Waals surface area contributed by atoms with Crippen molar-refractivity contribution in [1.29, 1.82) is 0 Å². The maximum absolute atomic E-state index is 12.1. The lowest BCUT2D eigenvalue weighted by Crippen LogP contribution is -2.28. The lowest BCUT2D eigenvalue weighted by atomic mass is 10.1. The van der Waals surface area contributed by atoms with Gasteiger partial charge in [0.05, 0.1) is 0 Å². The molecule has 0 aliphatic carbocycles. The summed E-state index contributed by atoms with van der Waals surface area (Å²) in [6.07, 6.45) is -13.8. The Bertz CT molecular complexity index is 1110. The number of carbonyl (C=O) groups is 1. The van der Waals surface area contributed by atoms with Crippen LogP contribution in [-0.4, -0.2) is 35.2 Å². The number of ketones is 1. The van der Waals surface area contributed by atoms with Crippen LogP contribution in [0, 0.1) is 0 Å². The van der Waals surface area contributed by atoms with E-state index in [4.69, 9.17) is 10.9 Å². The molecule has 0 fully saturated rings. The summed E-state index contributed by atoms with van der Waals surface area (Å²) in [6, 6.07) is 19.0. The molecule has 3 rings (SSSR count). The van der Waals surface area contributed by atoms with E-state index in [0.29, 0.717) is 0 Å². The quantitative estimate of drug-likeness (QED) is 0.123. The highest BCUT2D eigenvalue weighted by Crippen LogP contribution is 2.29. The zero-order valence-electron chi connectivity index (χ0n) is 18.5. The van der Waals surface area contributed by atoms with E-state index in [-0.39, 0.29) is 16.7 Å². The lowest BCUT2D eigenvalue weighted by Gasteiger charge is -2.15. The van der Waals surface area contributed by atoms with Crippen molar-refractivity contribution in [3.8, 4) is 0 Å². The van der Waals surface area contributed by atoms with Crippen LogP contribution in [0.3, 0.4) is 0 Å². The van der Waals surface area contributed by atoms with E-state index in [1.54, 1.807) is 18.2 Å². The molecule has 0 bridgehead atoms. The standard InChI is InChI=1S/C8H6F3NO.C8H8F3N.C8H5F3O/c9-8(10,11)7(12-13)6-4-2-1-3-5-6;2*9-8(10,11)7(12)6-4-2-1-3-5-6/h1-5,13H;1-5,7H,12H2;1-5H/b12-7+;;. The molecule has 0 saturated carbocycles. The first-order valence-corrected chi connectivity index (χ1v) is 9.97. The van der Waals surface area contributed by atoms with Gasteiger partial charge < -0.3 is 10.9 Å². The molecule has 0 amide bonds. The normalized spacial score (nSPS) is 12.9. The molecule has 3 aromatic rings. The molecule has 37 heavy (non-hydrogen) atoms. The minimum Gasteiger partial charge on any atom is -0.410 e. The smallest absolute Gasteiger partial charge is 0.410 e. The Balaban J connectivity index is 0.000000278. The van der Waals surface area contributed by atoms with Crippen molar-refractivity contribution in [2.75, 3.05) is 0 Å². The first kappa shape index (κ1) is 31.2. The number of halogens is 9. The first-order chi connectivity index (χ1) is 17.1. The molecule has 13 heteroatoms. The summed E-state index contributed by atoms with van der Waals surface area (Å²) in [5.74, 6) is -1.80. The molecule has 3 N–H and O–H groups in total. The van der Waals surface area contributed by atoms with E-state index >= 15 is 0 Å². The highest BCUT2D eigenvalue weighted by Gasteiger charge is 2.39. The van der Waals surface area contributed by atoms with Crippen molar-refractivity contribution in [3.05, 3.63) is 108 Å². The first-order valence-electron chi connectivity index (χ1n) is 9.97. The van der Waals surface area contributed by atoms with E-state index in [1.165, 1.54) is 60.7 Å². The highest BCUT2D eigenvalue weighted by molar-refractivity contribution is 6.04. The van der Waals surface area contributed by atoms with Crippen LogP contribution in [0.4, 0.5) is 39.5 Å². The Morgan fingerprint density at radius 3 is 1.35 bits per heavy atom. The average Bonchev–Trinajstić information content (AvgIpc) is 2.84. The third-order valence-corrected chi connectivity index (χ3v) is 4.22. The summed E-state index contributed by atoms with van der Waals surface area (Å²) < 4.78 is 108. The van der Waals surface area contributed by atoms with Crippen LogP contribution in [0.15, 0.2) is 96.2 Å². The van der Waals surface area contributed by atoms with Crippen LogP contribution < -0.4 is 5.73 Å². The van der Waals surface area contributed by atoms with Crippen molar-refractivity contribution in [1.82, 2.24) is 0 Å². The van der Waals surface area contributed by atoms with Gasteiger partial charge in [-0.15, -0.1) is 0 Å². The fourth-order valence-electron chi connectivity index (χ4n) is 2.48. The van der Waals surface area contributed by atoms with Gasteiger partial charge in [-0.2, -0.15) is 39.5 Å². The van der Waals surface area contributed by atoms with Gasteiger partial charge in [-0.1, -0.05) is 96.2 Å². The van der Waals surface area contributed by atoms with E-state index in [2.05, 4.69) is 5.16 Å². The maximum Gasteiger partial charge on any atom is 0.454 e. The summed E-state index contributed by atoms with van der Waals surface area (Å²) >= 11 is 0. The number of rotatable bonds is 3. The van der Waals surface area contributed by atoms with Crippen molar-refractivity contribution in [2.24, 2.45) is 10.9 Å². The molecule has 0 spiro atoms. The number of oxime groups is 1. The predicted molar refractivity (Wildman–Crippen MR) is 117 cm³/mol.